The first kappa shape index (κ1) is 17.8. The summed E-state index contributed by atoms with van der Waals surface area (Å²) >= 11 is 1.50. The van der Waals surface area contributed by atoms with Crippen LogP contribution in [0.3, 0.4) is 0 Å². The number of nitrogens with one attached hydrogen (secondary N) is 1. The van der Waals surface area contributed by atoms with Crippen LogP contribution in [0.2, 0.25) is 0 Å². The molecule has 2 aromatic rings. The highest BCUT2D eigenvalue weighted by Crippen LogP contribution is 2.22. The van der Waals surface area contributed by atoms with Crippen molar-refractivity contribution in [2.24, 2.45) is 5.10 Å². The van der Waals surface area contributed by atoms with E-state index in [0.717, 1.165) is 16.2 Å². The molecule has 0 unspecified atom stereocenters. The Balaban J connectivity index is 1.82. The van der Waals surface area contributed by atoms with E-state index in [9.17, 15) is 4.79 Å². The monoisotopic (exact) mass is 340 g/mol. The molecule has 0 saturated carbocycles. The molecule has 0 heterocycles. The maximum absolute atomic E-state index is 12.0. The van der Waals surface area contributed by atoms with Crippen molar-refractivity contribution in [2.45, 2.75) is 17.1 Å². The molecule has 2 rings (SSSR count). The lowest BCUT2D eigenvalue weighted by Crippen LogP contribution is -2.26. The van der Waals surface area contributed by atoms with E-state index in [1.165, 1.54) is 11.8 Å². The van der Waals surface area contributed by atoms with Gasteiger partial charge in [-0.05, 0) is 48.9 Å². The molecule has 0 aliphatic rings. The van der Waals surface area contributed by atoms with E-state index in [0.29, 0.717) is 6.61 Å². The minimum Gasteiger partial charge on any atom is -0.490 e. The van der Waals surface area contributed by atoms with Crippen LogP contribution in [0, 0.1) is 0 Å². The molecular weight excluding hydrogens is 320 g/mol. The summed E-state index contributed by atoms with van der Waals surface area (Å²) in [6, 6.07) is 17.3. The Labute approximate surface area is 146 Å². The molecule has 0 fully saturated rings. The standard InChI is InChI=1S/C19H20N2O2S/c1-3-13-23-17-11-9-16(10-12-17)14-20-21-19(22)15(2)24-18-7-5-4-6-8-18/h3-12,14-15H,1,13H2,2H3,(H,21,22)/b20-14-/t15-/m1/s1. The molecule has 0 bridgehead atoms. The minimum atomic E-state index is -0.223. The quantitative estimate of drug-likeness (QED) is 0.343. The van der Waals surface area contributed by atoms with Gasteiger partial charge in [0.15, 0.2) is 0 Å². The maximum atomic E-state index is 12.0. The summed E-state index contributed by atoms with van der Waals surface area (Å²) in [6.45, 7) is 5.93. The molecule has 24 heavy (non-hydrogen) atoms. The number of hydrazone groups is 1. The van der Waals surface area contributed by atoms with Gasteiger partial charge in [-0.15, -0.1) is 11.8 Å². The van der Waals surface area contributed by atoms with Crippen molar-refractivity contribution in [3.63, 3.8) is 0 Å². The van der Waals surface area contributed by atoms with Crippen molar-refractivity contribution in [1.82, 2.24) is 5.43 Å². The van der Waals surface area contributed by atoms with Crippen LogP contribution in [0.1, 0.15) is 12.5 Å². The molecule has 1 atom stereocenters. The Morgan fingerprint density at radius 1 is 1.25 bits per heavy atom. The van der Waals surface area contributed by atoms with Crippen LogP contribution in [0.15, 0.2) is 77.2 Å². The molecule has 4 nitrogen and oxygen atoms in total. The Kier molecular flexibility index (Phi) is 7.11. The normalized spacial score (nSPS) is 11.9. The van der Waals surface area contributed by atoms with Gasteiger partial charge in [0.1, 0.15) is 12.4 Å². The summed E-state index contributed by atoms with van der Waals surface area (Å²) < 4.78 is 5.41. The second kappa shape index (κ2) is 9.57. The molecule has 1 amide bonds. The third-order valence-electron chi connectivity index (χ3n) is 3.06. The van der Waals surface area contributed by atoms with Gasteiger partial charge in [-0.25, -0.2) is 5.43 Å². The van der Waals surface area contributed by atoms with Gasteiger partial charge in [0.05, 0.1) is 11.5 Å². The molecule has 0 aliphatic heterocycles. The van der Waals surface area contributed by atoms with E-state index in [1.54, 1.807) is 12.3 Å². The first-order valence-electron chi connectivity index (χ1n) is 7.57. The van der Waals surface area contributed by atoms with Crippen LogP contribution in [0.4, 0.5) is 0 Å². The second-order valence-electron chi connectivity index (χ2n) is 4.98. The molecule has 1 N–H and O–H groups in total. The smallest absolute Gasteiger partial charge is 0.253 e. The van der Waals surface area contributed by atoms with E-state index in [-0.39, 0.29) is 11.2 Å². The summed E-state index contributed by atoms with van der Waals surface area (Å²) in [6.07, 6.45) is 3.30. The molecule has 0 aliphatic carbocycles. The van der Waals surface area contributed by atoms with E-state index in [4.69, 9.17) is 4.74 Å². The fourth-order valence-corrected chi connectivity index (χ4v) is 2.71. The molecule has 0 radical (unpaired) electrons. The number of ether oxygens (including phenoxy) is 1. The van der Waals surface area contributed by atoms with Crippen molar-refractivity contribution in [3.05, 3.63) is 72.8 Å². The van der Waals surface area contributed by atoms with Crippen molar-refractivity contribution in [2.75, 3.05) is 6.61 Å². The average Bonchev–Trinajstić information content (AvgIpc) is 2.61. The van der Waals surface area contributed by atoms with Crippen molar-refractivity contribution >= 4 is 23.9 Å². The number of benzene rings is 2. The van der Waals surface area contributed by atoms with Gasteiger partial charge in [-0.1, -0.05) is 30.9 Å². The van der Waals surface area contributed by atoms with Crippen LogP contribution in [0.5, 0.6) is 5.75 Å². The molecule has 2 aromatic carbocycles. The molecule has 0 spiro atoms. The number of hydrogen-bond acceptors (Lipinski definition) is 4. The fourth-order valence-electron chi connectivity index (χ4n) is 1.82. The SMILES string of the molecule is C=CCOc1ccc(/C=N\NC(=O)[C@@H](C)Sc2ccccc2)cc1. The van der Waals surface area contributed by atoms with Crippen molar-refractivity contribution in [1.29, 1.82) is 0 Å². The third kappa shape index (κ3) is 5.93. The van der Waals surface area contributed by atoms with Gasteiger partial charge in [0.25, 0.3) is 5.91 Å². The van der Waals surface area contributed by atoms with Crippen LogP contribution in [-0.2, 0) is 4.79 Å². The van der Waals surface area contributed by atoms with Gasteiger partial charge < -0.3 is 4.74 Å². The van der Waals surface area contributed by atoms with Gasteiger partial charge in [0, 0.05) is 4.90 Å². The van der Waals surface area contributed by atoms with Crippen LogP contribution < -0.4 is 10.2 Å². The molecule has 5 heteroatoms. The zero-order valence-electron chi connectivity index (χ0n) is 13.5. The van der Waals surface area contributed by atoms with Crippen molar-refractivity contribution < 1.29 is 9.53 Å². The zero-order valence-corrected chi connectivity index (χ0v) is 14.3. The van der Waals surface area contributed by atoms with Crippen LogP contribution in [-0.4, -0.2) is 24.0 Å². The summed E-state index contributed by atoms with van der Waals surface area (Å²) in [5.41, 5.74) is 3.44. The largest absolute Gasteiger partial charge is 0.490 e. The highest BCUT2D eigenvalue weighted by atomic mass is 32.2. The summed E-state index contributed by atoms with van der Waals surface area (Å²) in [4.78, 5) is 13.1. The van der Waals surface area contributed by atoms with Gasteiger partial charge >= 0.3 is 0 Å². The number of amides is 1. The summed E-state index contributed by atoms with van der Waals surface area (Å²) in [5, 5.41) is 3.78. The predicted molar refractivity (Wildman–Crippen MR) is 99.6 cm³/mol. The Bertz CT molecular complexity index is 684. The fraction of sp³-hybridized carbons (Fsp3) is 0.158. The Hall–Kier alpha value is -2.53. The van der Waals surface area contributed by atoms with E-state index < -0.39 is 0 Å². The van der Waals surface area contributed by atoms with E-state index in [1.807, 2.05) is 61.5 Å². The first-order valence-corrected chi connectivity index (χ1v) is 8.45. The van der Waals surface area contributed by atoms with Crippen molar-refractivity contribution in [3.8, 4) is 5.75 Å². The molecule has 0 aromatic heterocycles. The number of nitrogens with zero attached hydrogens (tertiary/aromatic N) is 1. The van der Waals surface area contributed by atoms with E-state index in [2.05, 4.69) is 17.1 Å². The number of thioether (sulfide) groups is 1. The summed E-state index contributed by atoms with van der Waals surface area (Å²) in [5.74, 6) is 0.634. The van der Waals surface area contributed by atoms with Gasteiger partial charge in [0.2, 0.25) is 0 Å². The van der Waals surface area contributed by atoms with Gasteiger partial charge in [-0.2, -0.15) is 5.10 Å². The number of carbonyl (C=O) groups excluding carboxylic acids is 1. The summed E-state index contributed by atoms with van der Waals surface area (Å²) in [7, 11) is 0. The van der Waals surface area contributed by atoms with Crippen LogP contribution in [0.25, 0.3) is 0 Å². The Morgan fingerprint density at radius 2 is 1.96 bits per heavy atom. The molecule has 0 saturated heterocycles. The lowest BCUT2D eigenvalue weighted by Gasteiger charge is -2.09. The number of carbonyl (C=O) groups is 1. The third-order valence-corrected chi connectivity index (χ3v) is 4.17. The Morgan fingerprint density at radius 3 is 2.62 bits per heavy atom. The second-order valence-corrected chi connectivity index (χ2v) is 6.39. The number of hydrogen-bond donors (Lipinski definition) is 1. The zero-order chi connectivity index (χ0) is 17.2. The minimum absolute atomic E-state index is 0.133. The molecule has 124 valence electrons. The predicted octanol–water partition coefficient (Wildman–Crippen LogP) is 3.88. The van der Waals surface area contributed by atoms with Gasteiger partial charge in [-0.3, -0.25) is 4.79 Å². The van der Waals surface area contributed by atoms with E-state index >= 15 is 0 Å². The molecular formula is C19H20N2O2S. The maximum Gasteiger partial charge on any atom is 0.253 e. The lowest BCUT2D eigenvalue weighted by molar-refractivity contribution is -0.120. The highest BCUT2D eigenvalue weighted by Gasteiger charge is 2.13. The topological polar surface area (TPSA) is 50.7 Å². The average molecular weight is 340 g/mol. The van der Waals surface area contributed by atoms with Crippen LogP contribution >= 0.6 is 11.8 Å². The number of rotatable bonds is 8. The lowest BCUT2D eigenvalue weighted by atomic mass is 10.2. The first-order chi connectivity index (χ1) is 11.7. The highest BCUT2D eigenvalue weighted by molar-refractivity contribution is 8.00.